The van der Waals surface area contributed by atoms with Gasteiger partial charge in [0, 0.05) is 23.1 Å². The highest BCUT2D eigenvalue weighted by Gasteiger charge is 2.14. The molecule has 0 radical (unpaired) electrons. The van der Waals surface area contributed by atoms with E-state index in [1.807, 2.05) is 51.1 Å². The Bertz CT molecular complexity index is 809. The summed E-state index contributed by atoms with van der Waals surface area (Å²) >= 11 is 3.53. The Balaban J connectivity index is 2.11. The number of halogens is 1. The van der Waals surface area contributed by atoms with Gasteiger partial charge >= 0.3 is 5.97 Å². The SMILES string of the molecule is CC=CCOc1ccc(Br)cc1CN(CC)c1ccc(C(=O)OCCCC)nn1. The Morgan fingerprint density at radius 2 is 2.03 bits per heavy atom. The van der Waals surface area contributed by atoms with Gasteiger partial charge in [-0.15, -0.1) is 10.2 Å². The van der Waals surface area contributed by atoms with Gasteiger partial charge in [-0.25, -0.2) is 4.79 Å². The largest absolute Gasteiger partial charge is 0.489 e. The van der Waals surface area contributed by atoms with Crippen LogP contribution in [0.3, 0.4) is 0 Å². The molecular formula is C22H28BrN3O3. The molecule has 7 heteroatoms. The van der Waals surface area contributed by atoms with E-state index >= 15 is 0 Å². The molecule has 0 spiro atoms. The molecule has 2 aromatic rings. The van der Waals surface area contributed by atoms with Gasteiger partial charge in [-0.3, -0.25) is 0 Å². The first-order valence-corrected chi connectivity index (χ1v) is 10.7. The van der Waals surface area contributed by atoms with E-state index in [-0.39, 0.29) is 5.69 Å². The van der Waals surface area contributed by atoms with Gasteiger partial charge in [0.2, 0.25) is 0 Å². The molecule has 0 saturated heterocycles. The average molecular weight is 462 g/mol. The number of anilines is 1. The van der Waals surface area contributed by atoms with Crippen LogP contribution in [0.2, 0.25) is 0 Å². The number of unbranched alkanes of at least 4 members (excludes halogenated alkanes) is 1. The minimum Gasteiger partial charge on any atom is -0.489 e. The number of ether oxygens (including phenoxy) is 2. The van der Waals surface area contributed by atoms with Crippen molar-refractivity contribution >= 4 is 27.7 Å². The predicted molar refractivity (Wildman–Crippen MR) is 118 cm³/mol. The normalized spacial score (nSPS) is 10.9. The van der Waals surface area contributed by atoms with Crippen LogP contribution in [0.5, 0.6) is 5.75 Å². The number of nitrogens with zero attached hydrogens (tertiary/aromatic N) is 3. The van der Waals surface area contributed by atoms with Crippen LogP contribution in [-0.4, -0.2) is 35.9 Å². The molecule has 0 fully saturated rings. The summed E-state index contributed by atoms with van der Waals surface area (Å²) in [6.45, 7) is 8.32. The molecule has 0 amide bonds. The number of carbonyl (C=O) groups is 1. The molecule has 0 bridgehead atoms. The summed E-state index contributed by atoms with van der Waals surface area (Å²) < 4.78 is 12.0. The van der Waals surface area contributed by atoms with Gasteiger partial charge in [0.1, 0.15) is 12.4 Å². The van der Waals surface area contributed by atoms with Gasteiger partial charge in [0.25, 0.3) is 0 Å². The van der Waals surface area contributed by atoms with E-state index in [1.54, 1.807) is 12.1 Å². The van der Waals surface area contributed by atoms with E-state index in [1.165, 1.54) is 0 Å². The maximum absolute atomic E-state index is 12.0. The summed E-state index contributed by atoms with van der Waals surface area (Å²) in [6.07, 6.45) is 5.74. The van der Waals surface area contributed by atoms with Gasteiger partial charge in [0.05, 0.1) is 6.61 Å². The lowest BCUT2D eigenvalue weighted by Gasteiger charge is -2.23. The fourth-order valence-electron chi connectivity index (χ4n) is 2.59. The van der Waals surface area contributed by atoms with Crippen LogP contribution < -0.4 is 9.64 Å². The summed E-state index contributed by atoms with van der Waals surface area (Å²) in [5.74, 6) is 1.08. The highest BCUT2D eigenvalue weighted by Crippen LogP contribution is 2.26. The molecule has 0 aliphatic heterocycles. The fraction of sp³-hybridized carbons (Fsp3) is 0.409. The van der Waals surface area contributed by atoms with E-state index in [9.17, 15) is 4.79 Å². The number of aromatic nitrogens is 2. The third-order valence-electron chi connectivity index (χ3n) is 4.25. The molecule has 0 saturated carbocycles. The number of carbonyl (C=O) groups excluding carboxylic acids is 1. The molecule has 0 atom stereocenters. The van der Waals surface area contributed by atoms with Crippen molar-refractivity contribution < 1.29 is 14.3 Å². The van der Waals surface area contributed by atoms with Crippen molar-refractivity contribution in [2.75, 3.05) is 24.7 Å². The van der Waals surface area contributed by atoms with Crippen molar-refractivity contribution in [2.45, 2.75) is 40.2 Å². The zero-order valence-electron chi connectivity index (χ0n) is 17.2. The van der Waals surface area contributed by atoms with E-state index in [0.29, 0.717) is 25.6 Å². The summed E-state index contributed by atoms with van der Waals surface area (Å²) in [5, 5.41) is 8.29. The first-order valence-electron chi connectivity index (χ1n) is 9.87. The molecule has 1 heterocycles. The maximum Gasteiger partial charge on any atom is 0.358 e. The smallest absolute Gasteiger partial charge is 0.358 e. The van der Waals surface area contributed by atoms with Crippen molar-refractivity contribution in [2.24, 2.45) is 0 Å². The molecular weight excluding hydrogens is 434 g/mol. The highest BCUT2D eigenvalue weighted by atomic mass is 79.9. The molecule has 1 aromatic carbocycles. The van der Waals surface area contributed by atoms with E-state index in [4.69, 9.17) is 9.47 Å². The number of hydrogen-bond acceptors (Lipinski definition) is 6. The number of hydrogen-bond donors (Lipinski definition) is 0. The lowest BCUT2D eigenvalue weighted by atomic mass is 10.2. The molecule has 0 aliphatic carbocycles. The molecule has 1 aromatic heterocycles. The zero-order valence-corrected chi connectivity index (χ0v) is 18.8. The minimum atomic E-state index is -0.438. The predicted octanol–water partition coefficient (Wildman–Crippen LogP) is 5.18. The third-order valence-corrected chi connectivity index (χ3v) is 4.74. The Morgan fingerprint density at radius 3 is 2.69 bits per heavy atom. The second-order valence-electron chi connectivity index (χ2n) is 6.41. The molecule has 29 heavy (non-hydrogen) atoms. The second kappa shape index (κ2) is 12.2. The minimum absolute atomic E-state index is 0.221. The van der Waals surface area contributed by atoms with Crippen LogP contribution in [0, 0.1) is 0 Å². The third kappa shape index (κ3) is 7.16. The zero-order chi connectivity index (χ0) is 21.1. The van der Waals surface area contributed by atoms with Crippen molar-refractivity contribution in [3.63, 3.8) is 0 Å². The Labute approximate surface area is 181 Å². The molecule has 0 aliphatic rings. The lowest BCUT2D eigenvalue weighted by molar-refractivity contribution is 0.0491. The van der Waals surface area contributed by atoms with Gasteiger partial charge < -0.3 is 14.4 Å². The molecule has 0 unspecified atom stereocenters. The van der Waals surface area contributed by atoms with E-state index in [0.717, 1.165) is 35.2 Å². The first-order chi connectivity index (χ1) is 14.1. The summed E-state index contributed by atoms with van der Waals surface area (Å²) in [7, 11) is 0. The van der Waals surface area contributed by atoms with Crippen LogP contribution in [0.1, 0.15) is 49.7 Å². The molecule has 2 rings (SSSR count). The average Bonchev–Trinajstić information content (AvgIpc) is 2.74. The Morgan fingerprint density at radius 1 is 1.21 bits per heavy atom. The quantitative estimate of drug-likeness (QED) is 0.261. The van der Waals surface area contributed by atoms with Crippen LogP contribution in [0.4, 0.5) is 5.82 Å². The standard InChI is InChI=1S/C22H28BrN3O3/c1-4-7-13-28-20-11-9-18(23)15-17(20)16-26(6-3)21-12-10-19(24-25-21)22(27)29-14-8-5-2/h4,7,9-12,15H,5-6,8,13-14,16H2,1-3H3. The summed E-state index contributed by atoms with van der Waals surface area (Å²) in [6, 6.07) is 9.41. The number of esters is 1. The topological polar surface area (TPSA) is 64.5 Å². The van der Waals surface area contributed by atoms with Gasteiger partial charge in [0.15, 0.2) is 11.5 Å². The monoisotopic (exact) mass is 461 g/mol. The number of benzene rings is 1. The first kappa shape index (κ1) is 22.9. The van der Waals surface area contributed by atoms with Crippen LogP contribution in [0.25, 0.3) is 0 Å². The maximum atomic E-state index is 12.0. The number of rotatable bonds is 11. The summed E-state index contributed by atoms with van der Waals surface area (Å²) in [4.78, 5) is 14.1. The molecule has 156 valence electrons. The summed E-state index contributed by atoms with van der Waals surface area (Å²) in [5.41, 5.74) is 1.26. The second-order valence-corrected chi connectivity index (χ2v) is 7.33. The van der Waals surface area contributed by atoms with Gasteiger partial charge in [-0.2, -0.15) is 0 Å². The number of allylic oxidation sites excluding steroid dienone is 1. The van der Waals surface area contributed by atoms with Crippen molar-refractivity contribution in [3.8, 4) is 5.75 Å². The van der Waals surface area contributed by atoms with Crippen LogP contribution in [-0.2, 0) is 11.3 Å². The van der Waals surface area contributed by atoms with Crippen molar-refractivity contribution in [1.29, 1.82) is 0 Å². The fourth-order valence-corrected chi connectivity index (χ4v) is 3.00. The Hall–Kier alpha value is -2.41. The Kier molecular flexibility index (Phi) is 9.64. The van der Waals surface area contributed by atoms with Crippen LogP contribution in [0.15, 0.2) is 47.0 Å². The molecule has 0 N–H and O–H groups in total. The van der Waals surface area contributed by atoms with Gasteiger partial charge in [-0.1, -0.05) is 41.4 Å². The van der Waals surface area contributed by atoms with Gasteiger partial charge in [-0.05, 0) is 50.6 Å². The lowest BCUT2D eigenvalue weighted by Crippen LogP contribution is -2.24. The van der Waals surface area contributed by atoms with E-state index < -0.39 is 5.97 Å². The highest BCUT2D eigenvalue weighted by molar-refractivity contribution is 9.10. The van der Waals surface area contributed by atoms with Crippen molar-refractivity contribution in [1.82, 2.24) is 10.2 Å². The molecule has 6 nitrogen and oxygen atoms in total. The van der Waals surface area contributed by atoms with Crippen LogP contribution >= 0.6 is 15.9 Å². The van der Waals surface area contributed by atoms with E-state index in [2.05, 4.69) is 31.0 Å². The van der Waals surface area contributed by atoms with Crippen molar-refractivity contribution in [3.05, 3.63) is 58.2 Å².